The number of thioether (sulfide) groups is 1. The molecule has 7 nitrogen and oxygen atoms in total. The number of hydrogen-bond acceptors (Lipinski definition) is 5. The van der Waals surface area contributed by atoms with E-state index in [0.29, 0.717) is 28.7 Å². The average Bonchev–Trinajstić information content (AvgIpc) is 3.21. The third kappa shape index (κ3) is 3.68. The summed E-state index contributed by atoms with van der Waals surface area (Å²) in [5, 5.41) is 5.25. The van der Waals surface area contributed by atoms with Crippen LogP contribution in [0.5, 0.6) is 0 Å². The molecule has 1 aliphatic rings. The largest absolute Gasteiger partial charge is 0.321 e. The average molecular weight is 453 g/mol. The normalized spacial score (nSPS) is 16.4. The van der Waals surface area contributed by atoms with Crippen molar-refractivity contribution in [2.45, 2.75) is 36.0 Å². The summed E-state index contributed by atoms with van der Waals surface area (Å²) in [6, 6.07) is 10.7. The number of anilines is 1. The van der Waals surface area contributed by atoms with Gasteiger partial charge in [-0.2, -0.15) is 8.78 Å². The molecular formula is C19H18F2N4O3S2. The number of primary sulfonamides is 1. The number of alkyl halides is 2. The van der Waals surface area contributed by atoms with E-state index in [4.69, 9.17) is 5.14 Å². The second kappa shape index (κ2) is 7.64. The van der Waals surface area contributed by atoms with Crippen LogP contribution in [-0.4, -0.2) is 35.7 Å². The number of hydrogen-bond donors (Lipinski definition) is 1. The van der Waals surface area contributed by atoms with Crippen LogP contribution in [0.3, 0.4) is 0 Å². The lowest BCUT2D eigenvalue weighted by Crippen LogP contribution is -2.37. The number of amides is 1. The number of fused-ring (bicyclic) bond motifs is 2. The number of rotatable bonds is 5. The molecule has 0 saturated heterocycles. The van der Waals surface area contributed by atoms with Crippen LogP contribution >= 0.6 is 11.8 Å². The van der Waals surface area contributed by atoms with Crippen LogP contribution in [0.2, 0.25) is 0 Å². The Bertz CT molecular complexity index is 1240. The molecule has 3 aromatic rings. The Kier molecular flexibility index (Phi) is 5.28. The molecule has 0 radical (unpaired) electrons. The predicted molar refractivity (Wildman–Crippen MR) is 110 cm³/mol. The Hall–Kier alpha value is -2.50. The molecule has 1 aromatic heterocycles. The van der Waals surface area contributed by atoms with Crippen LogP contribution in [0.1, 0.15) is 19.0 Å². The summed E-state index contributed by atoms with van der Waals surface area (Å²) in [6.07, 6.45) is 0.477. The molecule has 1 amide bonds. The van der Waals surface area contributed by atoms with E-state index >= 15 is 0 Å². The number of para-hydroxylation sites is 2. The summed E-state index contributed by atoms with van der Waals surface area (Å²) in [6.45, 7) is -0.939. The lowest BCUT2D eigenvalue weighted by atomic mass is 10.1. The standard InChI is InChI=1S/C19H18F2N4O3S2/c1-11-8-12-9-13(30(22,27)28)6-7-15(12)24(11)17(26)10-29-19-23-14-4-2-3-5-16(14)25(19)18(20)21/h2-7,9,11,18H,8,10H2,1H3,(H2,22,27,28). The fraction of sp³-hybridized carbons (Fsp3) is 0.263. The number of carbonyl (C=O) groups excluding carboxylic acids is 1. The summed E-state index contributed by atoms with van der Waals surface area (Å²) in [5.74, 6) is -0.362. The van der Waals surface area contributed by atoms with Crippen molar-refractivity contribution >= 4 is 44.4 Å². The van der Waals surface area contributed by atoms with Crippen molar-refractivity contribution in [3.8, 4) is 0 Å². The molecule has 1 aliphatic heterocycles. The van der Waals surface area contributed by atoms with Gasteiger partial charge in [-0.3, -0.25) is 9.36 Å². The highest BCUT2D eigenvalue weighted by molar-refractivity contribution is 7.99. The number of imidazole rings is 1. The number of halogens is 2. The van der Waals surface area contributed by atoms with Gasteiger partial charge in [0.25, 0.3) is 0 Å². The van der Waals surface area contributed by atoms with Gasteiger partial charge in [-0.1, -0.05) is 23.9 Å². The smallest absolute Gasteiger partial charge is 0.308 e. The fourth-order valence-electron chi connectivity index (χ4n) is 3.67. The van der Waals surface area contributed by atoms with Crippen LogP contribution in [0.25, 0.3) is 11.0 Å². The highest BCUT2D eigenvalue weighted by Gasteiger charge is 2.32. The molecule has 30 heavy (non-hydrogen) atoms. The summed E-state index contributed by atoms with van der Waals surface area (Å²) >= 11 is 0.945. The Morgan fingerprint density at radius 1 is 1.30 bits per heavy atom. The van der Waals surface area contributed by atoms with Crippen molar-refractivity contribution in [2.24, 2.45) is 5.14 Å². The van der Waals surface area contributed by atoms with Gasteiger partial charge in [-0.05, 0) is 49.2 Å². The van der Waals surface area contributed by atoms with Gasteiger partial charge in [-0.25, -0.2) is 18.5 Å². The maximum Gasteiger partial charge on any atom is 0.321 e. The molecule has 1 unspecified atom stereocenters. The Balaban J connectivity index is 1.58. The SMILES string of the molecule is CC1Cc2cc(S(N)(=O)=O)ccc2N1C(=O)CSc1nc2ccccc2n1C(F)F. The second-order valence-electron chi connectivity index (χ2n) is 6.97. The highest BCUT2D eigenvalue weighted by Crippen LogP contribution is 2.35. The molecule has 0 fully saturated rings. The van der Waals surface area contributed by atoms with Gasteiger partial charge in [-0.15, -0.1) is 0 Å². The minimum Gasteiger partial charge on any atom is -0.308 e. The lowest BCUT2D eigenvalue weighted by molar-refractivity contribution is -0.116. The topological polar surface area (TPSA) is 98.3 Å². The van der Waals surface area contributed by atoms with E-state index in [-0.39, 0.29) is 27.8 Å². The van der Waals surface area contributed by atoms with E-state index in [1.54, 1.807) is 35.2 Å². The van der Waals surface area contributed by atoms with E-state index in [2.05, 4.69) is 4.98 Å². The van der Waals surface area contributed by atoms with Crippen LogP contribution in [0.15, 0.2) is 52.5 Å². The molecular weight excluding hydrogens is 434 g/mol. The van der Waals surface area contributed by atoms with Gasteiger partial charge in [0, 0.05) is 11.7 Å². The molecule has 0 bridgehead atoms. The summed E-state index contributed by atoms with van der Waals surface area (Å²) in [7, 11) is -3.84. The molecule has 158 valence electrons. The fourth-order valence-corrected chi connectivity index (χ4v) is 5.11. The molecule has 0 aliphatic carbocycles. The summed E-state index contributed by atoms with van der Waals surface area (Å²) in [5.41, 5.74) is 2.04. The predicted octanol–water partition coefficient (Wildman–Crippen LogP) is 3.15. The van der Waals surface area contributed by atoms with Crippen molar-refractivity contribution in [3.05, 3.63) is 48.0 Å². The molecule has 11 heteroatoms. The van der Waals surface area contributed by atoms with E-state index < -0.39 is 16.6 Å². The van der Waals surface area contributed by atoms with Crippen molar-refractivity contribution in [1.82, 2.24) is 9.55 Å². The van der Waals surface area contributed by atoms with Gasteiger partial charge in [0.05, 0.1) is 21.7 Å². The Labute approximate surface area is 175 Å². The quantitative estimate of drug-likeness (QED) is 0.600. The van der Waals surface area contributed by atoms with Gasteiger partial charge < -0.3 is 4.90 Å². The first-order valence-electron chi connectivity index (χ1n) is 9.02. The summed E-state index contributed by atoms with van der Waals surface area (Å²) in [4.78, 5) is 18.7. The van der Waals surface area contributed by atoms with Crippen LogP contribution in [-0.2, 0) is 21.2 Å². The number of carbonyl (C=O) groups is 1. The minimum atomic E-state index is -3.84. The first-order valence-corrected chi connectivity index (χ1v) is 11.6. The van der Waals surface area contributed by atoms with Crippen molar-refractivity contribution in [2.75, 3.05) is 10.7 Å². The molecule has 2 N–H and O–H groups in total. The molecule has 0 spiro atoms. The third-order valence-corrected chi connectivity index (χ3v) is 6.80. The Morgan fingerprint density at radius 3 is 2.73 bits per heavy atom. The highest BCUT2D eigenvalue weighted by atomic mass is 32.2. The maximum atomic E-state index is 13.6. The van der Waals surface area contributed by atoms with Gasteiger partial charge >= 0.3 is 6.55 Å². The molecule has 4 rings (SSSR count). The minimum absolute atomic E-state index is 0.0113. The number of sulfonamides is 1. The lowest BCUT2D eigenvalue weighted by Gasteiger charge is -2.22. The van der Waals surface area contributed by atoms with Crippen molar-refractivity contribution < 1.29 is 22.0 Å². The first kappa shape index (κ1) is 20.8. The number of benzene rings is 2. The van der Waals surface area contributed by atoms with Crippen molar-refractivity contribution in [1.29, 1.82) is 0 Å². The van der Waals surface area contributed by atoms with Crippen molar-refractivity contribution in [3.63, 3.8) is 0 Å². The number of nitrogens with two attached hydrogens (primary N) is 1. The zero-order valence-electron chi connectivity index (χ0n) is 15.8. The van der Waals surface area contributed by atoms with Crippen LogP contribution < -0.4 is 10.0 Å². The van der Waals surface area contributed by atoms with E-state index in [1.807, 2.05) is 6.92 Å². The zero-order valence-corrected chi connectivity index (χ0v) is 17.5. The molecule has 2 aromatic carbocycles. The van der Waals surface area contributed by atoms with Gasteiger partial charge in [0.1, 0.15) is 0 Å². The Morgan fingerprint density at radius 2 is 2.03 bits per heavy atom. The van der Waals surface area contributed by atoms with E-state index in [1.165, 1.54) is 12.1 Å². The molecule has 0 saturated carbocycles. The number of aromatic nitrogens is 2. The molecule has 1 atom stereocenters. The van der Waals surface area contributed by atoms with E-state index in [9.17, 15) is 22.0 Å². The number of nitrogens with zero attached hydrogens (tertiary/aromatic N) is 3. The summed E-state index contributed by atoms with van der Waals surface area (Å²) < 4.78 is 51.1. The maximum absolute atomic E-state index is 13.6. The van der Waals surface area contributed by atoms with Gasteiger partial charge in [0.15, 0.2) is 5.16 Å². The van der Waals surface area contributed by atoms with Crippen LogP contribution in [0.4, 0.5) is 14.5 Å². The zero-order chi connectivity index (χ0) is 21.6. The van der Waals surface area contributed by atoms with Crippen LogP contribution in [0, 0.1) is 0 Å². The second-order valence-corrected chi connectivity index (χ2v) is 9.48. The van der Waals surface area contributed by atoms with Gasteiger partial charge in [0.2, 0.25) is 15.9 Å². The van der Waals surface area contributed by atoms with E-state index in [0.717, 1.165) is 16.3 Å². The third-order valence-electron chi connectivity index (χ3n) is 4.95. The monoisotopic (exact) mass is 452 g/mol. The molecule has 2 heterocycles. The first-order chi connectivity index (χ1) is 14.2.